The molecule has 0 spiro atoms. The van der Waals surface area contributed by atoms with Crippen molar-refractivity contribution in [2.75, 3.05) is 16.8 Å². The molecule has 2 amide bonds. The fraction of sp³-hybridized carbons (Fsp3) is 0.190. The van der Waals surface area contributed by atoms with E-state index in [4.69, 9.17) is 4.74 Å². The summed E-state index contributed by atoms with van der Waals surface area (Å²) in [4.78, 5) is 47.1. The van der Waals surface area contributed by atoms with Crippen LogP contribution in [0.1, 0.15) is 23.7 Å². The van der Waals surface area contributed by atoms with Gasteiger partial charge in [0.15, 0.2) is 6.61 Å². The van der Waals surface area contributed by atoms with Crippen LogP contribution in [0.15, 0.2) is 54.9 Å². The number of anilines is 2. The quantitative estimate of drug-likeness (QED) is 0.690. The highest BCUT2D eigenvalue weighted by molar-refractivity contribution is 6.05. The zero-order valence-electron chi connectivity index (χ0n) is 15.7. The van der Waals surface area contributed by atoms with Gasteiger partial charge in [-0.1, -0.05) is 12.1 Å². The van der Waals surface area contributed by atoms with Crippen molar-refractivity contribution in [3.8, 4) is 0 Å². The van der Waals surface area contributed by atoms with Crippen molar-refractivity contribution in [1.29, 1.82) is 0 Å². The van der Waals surface area contributed by atoms with Crippen molar-refractivity contribution in [2.24, 2.45) is 0 Å². The van der Waals surface area contributed by atoms with Crippen molar-refractivity contribution < 1.29 is 19.1 Å². The summed E-state index contributed by atoms with van der Waals surface area (Å²) in [6.07, 6.45) is 3.25. The van der Waals surface area contributed by atoms with Crippen molar-refractivity contribution in [1.82, 2.24) is 9.97 Å². The van der Waals surface area contributed by atoms with Gasteiger partial charge in [-0.3, -0.25) is 19.6 Å². The van der Waals surface area contributed by atoms with Crippen LogP contribution in [0.4, 0.5) is 11.4 Å². The highest BCUT2D eigenvalue weighted by Gasteiger charge is 2.30. The smallest absolute Gasteiger partial charge is 0.338 e. The predicted molar refractivity (Wildman–Crippen MR) is 106 cm³/mol. The van der Waals surface area contributed by atoms with Crippen LogP contribution in [-0.4, -0.2) is 40.4 Å². The molecule has 29 heavy (non-hydrogen) atoms. The van der Waals surface area contributed by atoms with E-state index in [0.717, 1.165) is 0 Å². The van der Waals surface area contributed by atoms with Crippen LogP contribution in [0.2, 0.25) is 0 Å². The Kier molecular flexibility index (Phi) is 4.90. The number of para-hydroxylation sites is 2. The predicted octanol–water partition coefficient (Wildman–Crippen LogP) is 2.55. The number of benzene rings is 2. The van der Waals surface area contributed by atoms with E-state index in [1.54, 1.807) is 55.6 Å². The van der Waals surface area contributed by atoms with Gasteiger partial charge < -0.3 is 15.0 Å². The number of ether oxygens (including phenoxy) is 1. The number of aromatic nitrogens is 2. The average molecular weight is 390 g/mol. The molecular formula is C21H18N4O4. The van der Waals surface area contributed by atoms with Crippen LogP contribution in [-0.2, 0) is 14.3 Å². The molecule has 2 aromatic carbocycles. The minimum absolute atomic E-state index is 0.151. The molecule has 1 aliphatic heterocycles. The molecule has 0 saturated carbocycles. The molecule has 146 valence electrons. The van der Waals surface area contributed by atoms with Gasteiger partial charge in [0.2, 0.25) is 5.91 Å². The van der Waals surface area contributed by atoms with E-state index in [0.29, 0.717) is 22.4 Å². The molecule has 3 aromatic rings. The molecule has 1 aromatic heterocycles. The molecule has 2 heterocycles. The third-order valence-electron chi connectivity index (χ3n) is 4.66. The molecule has 0 aliphatic carbocycles. The van der Waals surface area contributed by atoms with E-state index in [1.807, 2.05) is 0 Å². The Balaban J connectivity index is 1.51. The second kappa shape index (κ2) is 7.67. The summed E-state index contributed by atoms with van der Waals surface area (Å²) in [7, 11) is 0. The molecule has 0 bridgehead atoms. The Morgan fingerprint density at radius 3 is 2.72 bits per heavy atom. The summed E-state index contributed by atoms with van der Waals surface area (Å²) in [6, 6.07) is 11.5. The molecule has 0 saturated heterocycles. The van der Waals surface area contributed by atoms with E-state index >= 15 is 0 Å². The Hall–Kier alpha value is -3.81. The van der Waals surface area contributed by atoms with Crippen molar-refractivity contribution in [3.63, 3.8) is 0 Å². The monoisotopic (exact) mass is 390 g/mol. The normalized spacial score (nSPS) is 16.0. The van der Waals surface area contributed by atoms with Crippen molar-refractivity contribution in [3.05, 3.63) is 60.4 Å². The first-order valence-electron chi connectivity index (χ1n) is 9.12. The van der Waals surface area contributed by atoms with Gasteiger partial charge in [-0.25, -0.2) is 4.79 Å². The van der Waals surface area contributed by atoms with Crippen LogP contribution >= 0.6 is 0 Å². The third kappa shape index (κ3) is 3.77. The first-order chi connectivity index (χ1) is 14.0. The highest BCUT2D eigenvalue weighted by atomic mass is 16.5. The average Bonchev–Trinajstić information content (AvgIpc) is 2.85. The van der Waals surface area contributed by atoms with Crippen LogP contribution in [0, 0.1) is 0 Å². The SMILES string of the molecule is C[C@H]1CC(=O)Nc2ccccc2N1C(=O)COC(=O)c1ccc2nccnc2c1. The molecule has 8 heteroatoms. The Bertz CT molecular complexity index is 1110. The largest absolute Gasteiger partial charge is 0.452 e. The maximum atomic E-state index is 12.9. The molecule has 0 unspecified atom stereocenters. The van der Waals surface area contributed by atoms with E-state index in [2.05, 4.69) is 15.3 Å². The van der Waals surface area contributed by atoms with Crippen LogP contribution in [0.3, 0.4) is 0 Å². The maximum absolute atomic E-state index is 12.9. The fourth-order valence-electron chi connectivity index (χ4n) is 3.34. The van der Waals surface area contributed by atoms with Crippen molar-refractivity contribution >= 4 is 40.2 Å². The maximum Gasteiger partial charge on any atom is 0.338 e. The molecule has 1 atom stereocenters. The Morgan fingerprint density at radius 2 is 1.90 bits per heavy atom. The molecule has 1 aliphatic rings. The van der Waals surface area contributed by atoms with E-state index in [1.165, 1.54) is 11.1 Å². The van der Waals surface area contributed by atoms with E-state index < -0.39 is 18.5 Å². The van der Waals surface area contributed by atoms with Crippen LogP contribution < -0.4 is 10.2 Å². The zero-order chi connectivity index (χ0) is 20.4. The van der Waals surface area contributed by atoms with Gasteiger partial charge in [-0.05, 0) is 37.3 Å². The van der Waals surface area contributed by atoms with Gasteiger partial charge in [0.25, 0.3) is 5.91 Å². The molecule has 4 rings (SSSR count). The molecule has 8 nitrogen and oxygen atoms in total. The first kappa shape index (κ1) is 18.5. The molecule has 0 fully saturated rings. The minimum atomic E-state index is -0.629. The third-order valence-corrected chi connectivity index (χ3v) is 4.66. The van der Waals surface area contributed by atoms with E-state index in [-0.39, 0.29) is 23.9 Å². The number of nitrogens with one attached hydrogen (secondary N) is 1. The Labute approximate surface area is 166 Å². The van der Waals surface area contributed by atoms with Gasteiger partial charge in [-0.15, -0.1) is 0 Å². The lowest BCUT2D eigenvalue weighted by atomic mass is 10.1. The van der Waals surface area contributed by atoms with Gasteiger partial charge >= 0.3 is 5.97 Å². The van der Waals surface area contributed by atoms with Crippen LogP contribution in [0.25, 0.3) is 11.0 Å². The minimum Gasteiger partial charge on any atom is -0.452 e. The number of esters is 1. The number of hydrogen-bond acceptors (Lipinski definition) is 6. The number of carbonyl (C=O) groups is 3. The summed E-state index contributed by atoms with van der Waals surface area (Å²) >= 11 is 0. The lowest BCUT2D eigenvalue weighted by molar-refractivity contribution is -0.122. The number of carbonyl (C=O) groups excluding carboxylic acids is 3. The first-order valence-corrected chi connectivity index (χ1v) is 9.12. The number of hydrogen-bond donors (Lipinski definition) is 1. The number of nitrogens with zero attached hydrogens (tertiary/aromatic N) is 3. The molecule has 1 N–H and O–H groups in total. The molecule has 0 radical (unpaired) electrons. The van der Waals surface area contributed by atoms with Gasteiger partial charge in [-0.2, -0.15) is 0 Å². The standard InChI is InChI=1S/C21H18N4O4/c1-13-10-19(26)24-16-4-2-3-5-18(16)25(13)20(27)12-29-21(28)14-6-7-15-17(11-14)23-9-8-22-15/h2-9,11,13H,10,12H2,1H3,(H,24,26)/t13-/m0/s1. The second-order valence-corrected chi connectivity index (χ2v) is 6.72. The van der Waals surface area contributed by atoms with Crippen LogP contribution in [0.5, 0.6) is 0 Å². The van der Waals surface area contributed by atoms with Gasteiger partial charge in [0, 0.05) is 24.9 Å². The summed E-state index contributed by atoms with van der Waals surface area (Å²) in [5.74, 6) is -1.21. The summed E-state index contributed by atoms with van der Waals surface area (Å²) in [5.41, 5.74) is 2.63. The molecular weight excluding hydrogens is 372 g/mol. The van der Waals surface area contributed by atoms with Gasteiger partial charge in [0.1, 0.15) is 0 Å². The summed E-state index contributed by atoms with van der Waals surface area (Å²) in [6.45, 7) is 1.34. The topological polar surface area (TPSA) is 101 Å². The highest BCUT2D eigenvalue weighted by Crippen LogP contribution is 2.31. The van der Waals surface area contributed by atoms with E-state index in [9.17, 15) is 14.4 Å². The number of amides is 2. The summed E-state index contributed by atoms with van der Waals surface area (Å²) < 4.78 is 5.24. The fourth-order valence-corrected chi connectivity index (χ4v) is 3.34. The lowest BCUT2D eigenvalue weighted by Crippen LogP contribution is -2.41. The number of rotatable bonds is 3. The number of fused-ring (bicyclic) bond motifs is 2. The lowest BCUT2D eigenvalue weighted by Gasteiger charge is -2.27. The Morgan fingerprint density at radius 1 is 1.14 bits per heavy atom. The summed E-state index contributed by atoms with van der Waals surface area (Å²) in [5, 5.41) is 2.79. The van der Waals surface area contributed by atoms with Gasteiger partial charge in [0.05, 0.1) is 28.0 Å². The van der Waals surface area contributed by atoms with Crippen molar-refractivity contribution in [2.45, 2.75) is 19.4 Å². The zero-order valence-corrected chi connectivity index (χ0v) is 15.7. The second-order valence-electron chi connectivity index (χ2n) is 6.72.